The molecule has 5 heteroatoms. The summed E-state index contributed by atoms with van der Waals surface area (Å²) >= 11 is 0. The van der Waals surface area contributed by atoms with Gasteiger partial charge >= 0.3 is 5.97 Å². The van der Waals surface area contributed by atoms with E-state index in [-0.39, 0.29) is 17.4 Å². The van der Waals surface area contributed by atoms with Gasteiger partial charge in [-0.3, -0.25) is 4.79 Å². The molecule has 108 valence electrons. The highest BCUT2D eigenvalue weighted by molar-refractivity contribution is 5.93. The molecular weight excluding hydrogens is 261 g/mol. The van der Waals surface area contributed by atoms with Gasteiger partial charge in [-0.15, -0.1) is 0 Å². The predicted octanol–water partition coefficient (Wildman–Crippen LogP) is 3.30. The minimum atomic E-state index is -1.16. The highest BCUT2D eigenvalue weighted by atomic mass is 19.1. The molecule has 1 aromatic carbocycles. The molecule has 0 radical (unpaired) electrons. The Morgan fingerprint density at radius 2 is 2.15 bits per heavy atom. The van der Waals surface area contributed by atoms with Crippen LogP contribution in [0.5, 0.6) is 0 Å². The average molecular weight is 279 g/mol. The molecule has 2 N–H and O–H groups in total. The van der Waals surface area contributed by atoms with Crippen LogP contribution in [0, 0.1) is 11.7 Å². The topological polar surface area (TPSA) is 66.4 Å². The third kappa shape index (κ3) is 4.84. The van der Waals surface area contributed by atoms with Crippen LogP contribution in [0.2, 0.25) is 0 Å². The highest BCUT2D eigenvalue weighted by Crippen LogP contribution is 2.17. The summed E-state index contributed by atoms with van der Waals surface area (Å²) in [5.41, 5.74) is 0.567. The van der Waals surface area contributed by atoms with E-state index in [2.05, 4.69) is 5.32 Å². The van der Waals surface area contributed by atoms with Crippen LogP contribution in [0.4, 0.5) is 10.1 Å². The average Bonchev–Trinajstić information content (AvgIpc) is 2.39. The maximum Gasteiger partial charge on any atom is 0.328 e. The summed E-state index contributed by atoms with van der Waals surface area (Å²) in [6, 6.07) is 4.05. The molecule has 0 saturated carbocycles. The van der Waals surface area contributed by atoms with Gasteiger partial charge in [-0.25, -0.2) is 9.18 Å². The third-order valence-corrected chi connectivity index (χ3v) is 2.84. The van der Waals surface area contributed by atoms with Crippen molar-refractivity contribution in [2.24, 2.45) is 5.92 Å². The standard InChI is InChI=1S/C15H18FNO3/c1-3-4-10(2)15(20)17-12-6-7-13(16)11(9-12)5-8-14(18)19/h5-10H,3-4H2,1-2H3,(H,17,20)(H,18,19)/b8-5+. The molecule has 0 aliphatic heterocycles. The summed E-state index contributed by atoms with van der Waals surface area (Å²) < 4.78 is 13.5. The van der Waals surface area contributed by atoms with Crippen molar-refractivity contribution in [3.8, 4) is 0 Å². The molecule has 20 heavy (non-hydrogen) atoms. The summed E-state index contributed by atoms with van der Waals surface area (Å²) in [6.45, 7) is 3.82. The quantitative estimate of drug-likeness (QED) is 0.785. The van der Waals surface area contributed by atoms with E-state index in [1.165, 1.54) is 18.2 Å². The van der Waals surface area contributed by atoms with Crippen molar-refractivity contribution in [1.29, 1.82) is 0 Å². The summed E-state index contributed by atoms with van der Waals surface area (Å²) in [7, 11) is 0. The van der Waals surface area contributed by atoms with E-state index in [1.54, 1.807) is 0 Å². The summed E-state index contributed by atoms with van der Waals surface area (Å²) in [4.78, 5) is 22.3. The van der Waals surface area contributed by atoms with E-state index >= 15 is 0 Å². The molecule has 1 unspecified atom stereocenters. The zero-order chi connectivity index (χ0) is 15.1. The van der Waals surface area contributed by atoms with E-state index in [4.69, 9.17) is 5.11 Å². The Labute approximate surface area is 117 Å². The van der Waals surface area contributed by atoms with Crippen LogP contribution in [0.15, 0.2) is 24.3 Å². The molecule has 0 aliphatic rings. The third-order valence-electron chi connectivity index (χ3n) is 2.84. The lowest BCUT2D eigenvalue weighted by molar-refractivity contribution is -0.131. The Kier molecular flexibility index (Phi) is 5.90. The van der Waals surface area contributed by atoms with E-state index in [0.717, 1.165) is 25.0 Å². The first-order chi connectivity index (χ1) is 9.43. The van der Waals surface area contributed by atoms with Crippen molar-refractivity contribution in [1.82, 2.24) is 0 Å². The number of carbonyl (C=O) groups is 2. The molecule has 0 fully saturated rings. The van der Waals surface area contributed by atoms with Gasteiger partial charge in [0.05, 0.1) is 0 Å². The molecule has 1 atom stereocenters. The Morgan fingerprint density at radius 3 is 2.75 bits per heavy atom. The van der Waals surface area contributed by atoms with E-state index in [0.29, 0.717) is 5.69 Å². The van der Waals surface area contributed by atoms with Gasteiger partial charge in [-0.1, -0.05) is 20.3 Å². The molecule has 0 aliphatic carbocycles. The maximum absolute atomic E-state index is 13.5. The number of halogens is 1. The smallest absolute Gasteiger partial charge is 0.328 e. The molecule has 1 rings (SSSR count). The number of anilines is 1. The number of aliphatic carboxylic acids is 1. The fraction of sp³-hybridized carbons (Fsp3) is 0.333. The van der Waals surface area contributed by atoms with Crippen molar-refractivity contribution in [3.63, 3.8) is 0 Å². The minimum Gasteiger partial charge on any atom is -0.478 e. The second-order valence-electron chi connectivity index (χ2n) is 4.59. The van der Waals surface area contributed by atoms with Gasteiger partial charge in [-0.05, 0) is 30.7 Å². The first kappa shape index (κ1) is 15.9. The van der Waals surface area contributed by atoms with Crippen LogP contribution in [0.3, 0.4) is 0 Å². The normalized spacial score (nSPS) is 12.3. The molecule has 1 amide bonds. The van der Waals surface area contributed by atoms with Crippen molar-refractivity contribution >= 4 is 23.6 Å². The van der Waals surface area contributed by atoms with Gasteiger partial charge in [0.25, 0.3) is 0 Å². The summed E-state index contributed by atoms with van der Waals surface area (Å²) in [5, 5.41) is 11.2. The number of nitrogens with one attached hydrogen (secondary N) is 1. The SMILES string of the molecule is CCCC(C)C(=O)Nc1ccc(F)c(/C=C/C(=O)O)c1. The van der Waals surface area contributed by atoms with Crippen molar-refractivity contribution in [2.75, 3.05) is 5.32 Å². The van der Waals surface area contributed by atoms with Gasteiger partial charge in [-0.2, -0.15) is 0 Å². The molecule has 0 saturated heterocycles. The molecule has 0 aromatic heterocycles. The Balaban J connectivity index is 2.84. The number of hydrogen-bond acceptors (Lipinski definition) is 2. The zero-order valence-corrected chi connectivity index (χ0v) is 11.5. The molecule has 1 aromatic rings. The molecule has 4 nitrogen and oxygen atoms in total. The van der Waals surface area contributed by atoms with Crippen LogP contribution >= 0.6 is 0 Å². The lowest BCUT2D eigenvalue weighted by atomic mass is 10.1. The van der Waals surface area contributed by atoms with Crippen LogP contribution in [-0.2, 0) is 9.59 Å². The largest absolute Gasteiger partial charge is 0.478 e. The number of benzene rings is 1. The van der Waals surface area contributed by atoms with Gasteiger partial charge < -0.3 is 10.4 Å². The number of amides is 1. The monoisotopic (exact) mass is 279 g/mol. The van der Waals surface area contributed by atoms with Crippen LogP contribution in [-0.4, -0.2) is 17.0 Å². The Morgan fingerprint density at radius 1 is 1.45 bits per heavy atom. The highest BCUT2D eigenvalue weighted by Gasteiger charge is 2.12. The number of carbonyl (C=O) groups excluding carboxylic acids is 1. The van der Waals surface area contributed by atoms with Crippen molar-refractivity contribution in [3.05, 3.63) is 35.7 Å². The second-order valence-corrected chi connectivity index (χ2v) is 4.59. The van der Waals surface area contributed by atoms with Gasteiger partial charge in [0.1, 0.15) is 5.82 Å². The maximum atomic E-state index is 13.5. The second kappa shape index (κ2) is 7.43. The summed E-state index contributed by atoms with van der Waals surface area (Å²) in [5.74, 6) is -1.95. The summed E-state index contributed by atoms with van der Waals surface area (Å²) in [6.07, 6.45) is 3.69. The lowest BCUT2D eigenvalue weighted by Gasteiger charge is -2.11. The predicted molar refractivity (Wildman–Crippen MR) is 75.8 cm³/mol. The number of hydrogen-bond donors (Lipinski definition) is 2. The van der Waals surface area contributed by atoms with Crippen molar-refractivity contribution < 1.29 is 19.1 Å². The van der Waals surface area contributed by atoms with Crippen molar-refractivity contribution in [2.45, 2.75) is 26.7 Å². The number of rotatable bonds is 6. The molecule has 0 spiro atoms. The minimum absolute atomic E-state index is 0.119. The van der Waals surface area contributed by atoms with Crippen LogP contribution in [0.25, 0.3) is 6.08 Å². The lowest BCUT2D eigenvalue weighted by Crippen LogP contribution is -2.20. The first-order valence-electron chi connectivity index (χ1n) is 6.45. The van der Waals surface area contributed by atoms with E-state index in [9.17, 15) is 14.0 Å². The van der Waals surface area contributed by atoms with Crippen LogP contribution in [0.1, 0.15) is 32.3 Å². The van der Waals surface area contributed by atoms with Gasteiger partial charge in [0, 0.05) is 23.2 Å². The zero-order valence-electron chi connectivity index (χ0n) is 11.5. The fourth-order valence-electron chi connectivity index (χ4n) is 1.74. The number of carboxylic acids is 1. The number of carboxylic acid groups (broad SMARTS) is 1. The Hall–Kier alpha value is -2.17. The van der Waals surface area contributed by atoms with E-state index < -0.39 is 11.8 Å². The molecular formula is C15H18FNO3. The molecule has 0 heterocycles. The molecule has 0 bridgehead atoms. The van der Waals surface area contributed by atoms with Gasteiger partial charge in [0.15, 0.2) is 0 Å². The van der Waals surface area contributed by atoms with Gasteiger partial charge in [0.2, 0.25) is 5.91 Å². The first-order valence-corrected chi connectivity index (χ1v) is 6.45. The Bertz CT molecular complexity index is 526. The van der Waals surface area contributed by atoms with E-state index in [1.807, 2.05) is 13.8 Å². The van der Waals surface area contributed by atoms with Crippen LogP contribution < -0.4 is 5.32 Å². The fourth-order valence-corrected chi connectivity index (χ4v) is 1.74.